The molecule has 0 unspecified atom stereocenters. The Morgan fingerprint density at radius 1 is 1.27 bits per heavy atom. The van der Waals surface area contributed by atoms with Gasteiger partial charge in [-0.05, 0) is 0 Å². The molecule has 0 fully saturated rings. The molecule has 0 atom stereocenters. The summed E-state index contributed by atoms with van der Waals surface area (Å²) < 4.78 is 72.7. The van der Waals surface area contributed by atoms with Gasteiger partial charge in [-0.25, -0.2) is 8.78 Å². The lowest BCUT2D eigenvalue weighted by atomic mass is 10.2. The molecule has 0 saturated heterocycles. The fourth-order valence-electron chi connectivity index (χ4n) is 0.938. The van der Waals surface area contributed by atoms with Gasteiger partial charge in [-0.3, -0.25) is 4.79 Å². The topological polar surface area (TPSA) is 32.9 Å². The molecule has 84 valence electrons. The lowest BCUT2D eigenvalue weighted by molar-refractivity contribution is -0.141. The van der Waals surface area contributed by atoms with Gasteiger partial charge in [0.2, 0.25) is 11.4 Å². The minimum atomic E-state index is -5.30. The number of hydrogen-bond acceptors (Lipinski definition) is 1. The highest BCUT2D eigenvalue weighted by atomic mass is 19.4. The van der Waals surface area contributed by atoms with Crippen molar-refractivity contribution in [2.75, 3.05) is 0 Å². The summed E-state index contributed by atoms with van der Waals surface area (Å²) in [6, 6.07) is 0. The molecule has 0 aliphatic rings. The van der Waals surface area contributed by atoms with Crippen molar-refractivity contribution in [1.29, 1.82) is 0 Å². The van der Waals surface area contributed by atoms with Crippen LogP contribution in [0.15, 0.2) is 11.0 Å². The summed E-state index contributed by atoms with van der Waals surface area (Å²) in [7, 11) is 0. The number of aromatic nitrogens is 1. The van der Waals surface area contributed by atoms with E-state index in [1.807, 2.05) is 0 Å². The first kappa shape index (κ1) is 11.6. The van der Waals surface area contributed by atoms with Gasteiger partial charge < -0.3 is 4.98 Å². The number of nitrogens with one attached hydrogen (secondary N) is 1. The van der Waals surface area contributed by atoms with Crippen LogP contribution in [0, 0.1) is 5.95 Å². The summed E-state index contributed by atoms with van der Waals surface area (Å²) in [5.41, 5.74) is -5.70. The van der Waals surface area contributed by atoms with Crippen molar-refractivity contribution >= 4 is 0 Å². The predicted molar refractivity (Wildman–Crippen MR) is 37.0 cm³/mol. The monoisotopic (exact) mass is 231 g/mol. The Hall–Kier alpha value is -1.47. The summed E-state index contributed by atoms with van der Waals surface area (Å²) in [5, 5.41) is 0. The number of H-pyrrole nitrogens is 1. The second-order valence-corrected chi connectivity index (χ2v) is 2.56. The van der Waals surface area contributed by atoms with Crippen molar-refractivity contribution in [3.8, 4) is 0 Å². The molecule has 0 aliphatic heterocycles. The largest absolute Gasteiger partial charge is 0.424 e. The zero-order valence-electron chi connectivity index (χ0n) is 6.83. The van der Waals surface area contributed by atoms with Crippen LogP contribution in [0.4, 0.5) is 26.3 Å². The van der Waals surface area contributed by atoms with Crippen molar-refractivity contribution < 1.29 is 26.3 Å². The van der Waals surface area contributed by atoms with E-state index in [1.54, 1.807) is 0 Å². The van der Waals surface area contributed by atoms with Gasteiger partial charge in [-0.15, -0.1) is 0 Å². The minimum absolute atomic E-state index is 0.220. The zero-order valence-corrected chi connectivity index (χ0v) is 6.83. The summed E-state index contributed by atoms with van der Waals surface area (Å²) >= 11 is 0. The number of hydrogen-bond donors (Lipinski definition) is 1. The smallest absolute Gasteiger partial charge is 0.337 e. The van der Waals surface area contributed by atoms with Crippen molar-refractivity contribution in [2.45, 2.75) is 12.6 Å². The summed E-state index contributed by atoms with van der Waals surface area (Å²) in [5.74, 6) is -1.98. The summed E-state index contributed by atoms with van der Waals surface area (Å²) in [6.45, 7) is 0. The second kappa shape index (κ2) is 3.59. The molecular formula is C7H3F6NO. The number of pyridine rings is 1. The van der Waals surface area contributed by atoms with E-state index in [-0.39, 0.29) is 6.20 Å². The van der Waals surface area contributed by atoms with Crippen LogP contribution in [0.1, 0.15) is 17.6 Å². The van der Waals surface area contributed by atoms with Crippen LogP contribution in [-0.2, 0) is 6.18 Å². The maximum absolute atomic E-state index is 12.6. The van der Waals surface area contributed by atoms with Gasteiger partial charge in [0.15, 0.2) is 5.56 Å². The molecule has 1 heterocycles. The van der Waals surface area contributed by atoms with Crippen molar-refractivity contribution in [3.05, 3.63) is 33.5 Å². The van der Waals surface area contributed by atoms with Gasteiger partial charge in [0.1, 0.15) is 0 Å². The fourth-order valence-corrected chi connectivity index (χ4v) is 0.938. The van der Waals surface area contributed by atoms with E-state index in [4.69, 9.17) is 0 Å². The van der Waals surface area contributed by atoms with Gasteiger partial charge in [0, 0.05) is 6.20 Å². The van der Waals surface area contributed by atoms with Crippen LogP contribution in [0.3, 0.4) is 0 Å². The van der Waals surface area contributed by atoms with E-state index in [0.29, 0.717) is 0 Å². The molecule has 15 heavy (non-hydrogen) atoms. The Kier molecular flexibility index (Phi) is 2.78. The van der Waals surface area contributed by atoms with Crippen molar-refractivity contribution in [1.82, 2.24) is 4.98 Å². The molecule has 0 amide bonds. The van der Waals surface area contributed by atoms with Crippen LogP contribution in [0.5, 0.6) is 0 Å². The Labute approximate surface area is 78.5 Å². The number of alkyl halides is 5. The van der Waals surface area contributed by atoms with Crippen LogP contribution < -0.4 is 5.43 Å². The van der Waals surface area contributed by atoms with Crippen LogP contribution in [0.25, 0.3) is 0 Å². The molecule has 1 N–H and O–H groups in total. The third-order valence-electron chi connectivity index (χ3n) is 1.58. The highest BCUT2D eigenvalue weighted by Crippen LogP contribution is 2.29. The van der Waals surface area contributed by atoms with Crippen LogP contribution >= 0.6 is 0 Å². The van der Waals surface area contributed by atoms with Crippen molar-refractivity contribution in [2.24, 2.45) is 0 Å². The predicted octanol–water partition coefficient (Wildman–Crippen LogP) is 2.47. The van der Waals surface area contributed by atoms with Crippen LogP contribution in [0.2, 0.25) is 0 Å². The molecule has 8 heteroatoms. The van der Waals surface area contributed by atoms with Gasteiger partial charge >= 0.3 is 6.18 Å². The first-order valence-electron chi connectivity index (χ1n) is 3.51. The van der Waals surface area contributed by atoms with E-state index in [9.17, 15) is 31.1 Å². The van der Waals surface area contributed by atoms with E-state index in [0.717, 1.165) is 0 Å². The molecule has 1 rings (SSSR count). The molecule has 0 aromatic carbocycles. The summed E-state index contributed by atoms with van der Waals surface area (Å²) in [6.07, 6.45) is -8.48. The van der Waals surface area contributed by atoms with Crippen molar-refractivity contribution in [3.63, 3.8) is 0 Å². The molecule has 1 aromatic rings. The minimum Gasteiger partial charge on any atom is -0.337 e. The fraction of sp³-hybridized carbons (Fsp3) is 0.286. The van der Waals surface area contributed by atoms with E-state index >= 15 is 0 Å². The molecule has 0 saturated carbocycles. The lowest BCUT2D eigenvalue weighted by Crippen LogP contribution is -2.25. The molecule has 0 spiro atoms. The second-order valence-electron chi connectivity index (χ2n) is 2.56. The quantitative estimate of drug-likeness (QED) is 0.584. The molecule has 0 radical (unpaired) electrons. The zero-order chi connectivity index (χ0) is 11.8. The summed E-state index contributed by atoms with van der Waals surface area (Å²) in [4.78, 5) is 12.1. The Balaban J connectivity index is 3.52. The van der Waals surface area contributed by atoms with Crippen LogP contribution in [-0.4, -0.2) is 4.98 Å². The number of aromatic amines is 1. The SMILES string of the molecule is O=c1c(C(F)F)c[nH]c(F)c1C(F)(F)F. The Morgan fingerprint density at radius 3 is 2.20 bits per heavy atom. The molecular weight excluding hydrogens is 228 g/mol. The Bertz CT molecular complexity index is 420. The first-order chi connectivity index (χ1) is 6.75. The lowest BCUT2D eigenvalue weighted by Gasteiger charge is -2.08. The van der Waals surface area contributed by atoms with Gasteiger partial charge in [-0.1, -0.05) is 0 Å². The van der Waals surface area contributed by atoms with Gasteiger partial charge in [-0.2, -0.15) is 17.6 Å². The molecule has 0 bridgehead atoms. The molecule has 0 aliphatic carbocycles. The number of halogens is 6. The van der Waals surface area contributed by atoms with Gasteiger partial charge in [0.05, 0.1) is 5.56 Å². The average molecular weight is 231 g/mol. The number of rotatable bonds is 1. The van der Waals surface area contributed by atoms with E-state index in [1.165, 1.54) is 4.98 Å². The molecule has 1 aromatic heterocycles. The third kappa shape index (κ3) is 2.13. The highest BCUT2D eigenvalue weighted by molar-refractivity contribution is 5.23. The van der Waals surface area contributed by atoms with Gasteiger partial charge in [0.25, 0.3) is 6.43 Å². The standard InChI is InChI=1S/C7H3F6NO/c8-5(9)2-1-14-6(10)3(4(2)15)7(11,12)13/h1,5H,(H,14,15). The average Bonchev–Trinajstić information content (AvgIpc) is 2.00. The maximum atomic E-state index is 12.6. The Morgan fingerprint density at radius 2 is 1.80 bits per heavy atom. The van der Waals surface area contributed by atoms with E-state index < -0.39 is 35.1 Å². The first-order valence-corrected chi connectivity index (χ1v) is 3.51. The normalized spacial score (nSPS) is 12.2. The van der Waals surface area contributed by atoms with E-state index in [2.05, 4.69) is 0 Å². The highest BCUT2D eigenvalue weighted by Gasteiger charge is 2.39. The molecule has 2 nitrogen and oxygen atoms in total. The third-order valence-corrected chi connectivity index (χ3v) is 1.58. The maximum Gasteiger partial charge on any atom is 0.424 e.